The lowest BCUT2D eigenvalue weighted by Gasteiger charge is -2.06. The van der Waals surface area contributed by atoms with Crippen LogP contribution in [0.25, 0.3) is 11.3 Å². The van der Waals surface area contributed by atoms with Crippen molar-refractivity contribution in [1.29, 1.82) is 0 Å². The predicted molar refractivity (Wildman–Crippen MR) is 59.8 cm³/mol. The van der Waals surface area contributed by atoms with Gasteiger partial charge in [0.2, 0.25) is 0 Å². The van der Waals surface area contributed by atoms with Crippen LogP contribution in [0.15, 0.2) is 35.4 Å². The number of hydrogen-bond acceptors (Lipinski definition) is 2. The third kappa shape index (κ3) is 1.81. The molecule has 0 radical (unpaired) electrons. The number of benzene rings is 1. The number of aryl methyl sites for hydroxylation is 1. The summed E-state index contributed by atoms with van der Waals surface area (Å²) in [4.78, 5) is 17.8. The Morgan fingerprint density at radius 2 is 2.07 bits per heavy atom. The van der Waals surface area contributed by atoms with Crippen molar-refractivity contribution in [3.8, 4) is 11.3 Å². The van der Waals surface area contributed by atoms with Crippen LogP contribution in [0.2, 0.25) is 0 Å². The van der Waals surface area contributed by atoms with Crippen LogP contribution < -0.4 is 5.56 Å². The first-order chi connectivity index (χ1) is 7.18. The van der Waals surface area contributed by atoms with E-state index in [4.69, 9.17) is 0 Å². The van der Waals surface area contributed by atoms with Gasteiger partial charge < -0.3 is 4.98 Å². The Kier molecular flexibility index (Phi) is 2.37. The van der Waals surface area contributed by atoms with E-state index >= 15 is 0 Å². The summed E-state index contributed by atoms with van der Waals surface area (Å²) >= 11 is 0. The third-order valence-corrected chi connectivity index (χ3v) is 2.56. The SMILES string of the molecule is Cc1cccc(-c2cc(=O)[nH]cn2)c1C. The van der Waals surface area contributed by atoms with Crippen LogP contribution in [0, 0.1) is 13.8 Å². The van der Waals surface area contributed by atoms with E-state index in [1.165, 1.54) is 18.0 Å². The highest BCUT2D eigenvalue weighted by Crippen LogP contribution is 2.21. The van der Waals surface area contributed by atoms with Crippen molar-refractivity contribution in [3.63, 3.8) is 0 Å². The van der Waals surface area contributed by atoms with Crippen molar-refractivity contribution in [3.05, 3.63) is 52.1 Å². The molecule has 0 aliphatic rings. The lowest BCUT2D eigenvalue weighted by molar-refractivity contribution is 1.12. The molecule has 1 N–H and O–H groups in total. The summed E-state index contributed by atoms with van der Waals surface area (Å²) in [5, 5.41) is 0. The maximum absolute atomic E-state index is 11.2. The Balaban J connectivity index is 2.64. The predicted octanol–water partition coefficient (Wildman–Crippen LogP) is 2.05. The van der Waals surface area contributed by atoms with Crippen LogP contribution in [-0.2, 0) is 0 Å². The van der Waals surface area contributed by atoms with Crippen LogP contribution in [0.4, 0.5) is 0 Å². The fraction of sp³-hybridized carbons (Fsp3) is 0.167. The van der Waals surface area contributed by atoms with E-state index in [0.717, 1.165) is 16.8 Å². The molecule has 2 aromatic rings. The highest BCUT2D eigenvalue weighted by Gasteiger charge is 2.04. The van der Waals surface area contributed by atoms with Crippen molar-refractivity contribution in [2.45, 2.75) is 13.8 Å². The summed E-state index contributed by atoms with van der Waals surface area (Å²) in [7, 11) is 0. The van der Waals surface area contributed by atoms with Crippen LogP contribution in [-0.4, -0.2) is 9.97 Å². The normalized spacial score (nSPS) is 10.3. The van der Waals surface area contributed by atoms with Crippen molar-refractivity contribution >= 4 is 0 Å². The molecular formula is C12H12N2O. The molecule has 0 saturated heterocycles. The fourth-order valence-corrected chi connectivity index (χ4v) is 1.54. The third-order valence-electron chi connectivity index (χ3n) is 2.56. The number of nitrogens with zero attached hydrogens (tertiary/aromatic N) is 1. The Morgan fingerprint density at radius 3 is 2.80 bits per heavy atom. The molecule has 0 bridgehead atoms. The number of hydrogen-bond donors (Lipinski definition) is 1. The second kappa shape index (κ2) is 3.69. The zero-order valence-corrected chi connectivity index (χ0v) is 8.74. The molecule has 1 aromatic carbocycles. The summed E-state index contributed by atoms with van der Waals surface area (Å²) in [6.07, 6.45) is 1.43. The topological polar surface area (TPSA) is 45.8 Å². The Labute approximate surface area is 87.8 Å². The molecule has 1 aromatic heterocycles. The van der Waals surface area contributed by atoms with E-state index < -0.39 is 0 Å². The van der Waals surface area contributed by atoms with Gasteiger partial charge in [-0.05, 0) is 25.0 Å². The minimum absolute atomic E-state index is 0.124. The molecule has 0 unspecified atom stereocenters. The van der Waals surface area contributed by atoms with Crippen LogP contribution >= 0.6 is 0 Å². The lowest BCUT2D eigenvalue weighted by atomic mass is 10.0. The Morgan fingerprint density at radius 1 is 1.27 bits per heavy atom. The fourth-order valence-electron chi connectivity index (χ4n) is 1.54. The maximum atomic E-state index is 11.2. The molecule has 0 spiro atoms. The van der Waals surface area contributed by atoms with Crippen LogP contribution in [0.1, 0.15) is 11.1 Å². The molecule has 0 amide bonds. The molecule has 1 heterocycles. The average Bonchev–Trinajstić information content (AvgIpc) is 2.22. The van der Waals surface area contributed by atoms with Crippen molar-refractivity contribution in [1.82, 2.24) is 9.97 Å². The zero-order chi connectivity index (χ0) is 10.8. The van der Waals surface area contributed by atoms with E-state index in [0.29, 0.717) is 0 Å². The number of aromatic amines is 1. The lowest BCUT2D eigenvalue weighted by Crippen LogP contribution is -2.05. The Bertz CT molecular complexity index is 543. The molecule has 0 aliphatic heterocycles. The molecular weight excluding hydrogens is 188 g/mol. The number of aromatic nitrogens is 2. The monoisotopic (exact) mass is 200 g/mol. The molecule has 0 atom stereocenters. The smallest absolute Gasteiger partial charge is 0.251 e. The van der Waals surface area contributed by atoms with Gasteiger partial charge in [0, 0.05) is 11.6 Å². The second-order valence-corrected chi connectivity index (χ2v) is 3.54. The summed E-state index contributed by atoms with van der Waals surface area (Å²) in [6, 6.07) is 7.51. The van der Waals surface area contributed by atoms with Crippen LogP contribution in [0.5, 0.6) is 0 Å². The summed E-state index contributed by atoms with van der Waals surface area (Å²) < 4.78 is 0. The van der Waals surface area contributed by atoms with Gasteiger partial charge in [-0.25, -0.2) is 4.98 Å². The van der Waals surface area contributed by atoms with Crippen LogP contribution in [0.3, 0.4) is 0 Å². The second-order valence-electron chi connectivity index (χ2n) is 3.54. The molecule has 2 rings (SSSR count). The minimum atomic E-state index is -0.124. The number of H-pyrrole nitrogens is 1. The summed E-state index contributed by atoms with van der Waals surface area (Å²) in [6.45, 7) is 4.08. The molecule has 0 saturated carbocycles. The van der Waals surface area contributed by atoms with Gasteiger partial charge in [0.15, 0.2) is 0 Å². The summed E-state index contributed by atoms with van der Waals surface area (Å²) in [5.41, 5.74) is 3.98. The van der Waals surface area contributed by atoms with Gasteiger partial charge in [-0.3, -0.25) is 4.79 Å². The van der Waals surface area contributed by atoms with Crippen molar-refractivity contribution in [2.24, 2.45) is 0 Å². The largest absolute Gasteiger partial charge is 0.313 e. The quantitative estimate of drug-likeness (QED) is 0.765. The standard InChI is InChI=1S/C12H12N2O/c1-8-4-3-5-10(9(8)2)11-6-12(15)14-7-13-11/h3-7H,1-2H3,(H,13,14,15). The van der Waals surface area contributed by atoms with Crippen molar-refractivity contribution < 1.29 is 0 Å². The molecule has 0 aliphatic carbocycles. The number of rotatable bonds is 1. The summed E-state index contributed by atoms with van der Waals surface area (Å²) in [5.74, 6) is 0. The highest BCUT2D eigenvalue weighted by atomic mass is 16.1. The zero-order valence-electron chi connectivity index (χ0n) is 8.74. The van der Waals surface area contributed by atoms with Crippen molar-refractivity contribution in [2.75, 3.05) is 0 Å². The Hall–Kier alpha value is -1.90. The van der Waals surface area contributed by atoms with E-state index in [1.807, 2.05) is 32.0 Å². The van der Waals surface area contributed by atoms with E-state index in [2.05, 4.69) is 9.97 Å². The molecule has 3 nitrogen and oxygen atoms in total. The highest BCUT2D eigenvalue weighted by molar-refractivity contribution is 5.64. The van der Waals surface area contributed by atoms with E-state index in [1.54, 1.807) is 0 Å². The van der Waals surface area contributed by atoms with Gasteiger partial charge in [-0.15, -0.1) is 0 Å². The van der Waals surface area contributed by atoms with Gasteiger partial charge in [0.25, 0.3) is 5.56 Å². The van der Waals surface area contributed by atoms with Gasteiger partial charge in [0.05, 0.1) is 12.0 Å². The van der Waals surface area contributed by atoms with E-state index in [9.17, 15) is 4.79 Å². The first-order valence-electron chi connectivity index (χ1n) is 4.80. The molecule has 0 fully saturated rings. The first kappa shape index (κ1) is 9.65. The maximum Gasteiger partial charge on any atom is 0.251 e. The van der Waals surface area contributed by atoms with Gasteiger partial charge >= 0.3 is 0 Å². The van der Waals surface area contributed by atoms with Gasteiger partial charge in [-0.2, -0.15) is 0 Å². The first-order valence-corrected chi connectivity index (χ1v) is 4.80. The van der Waals surface area contributed by atoms with Gasteiger partial charge in [0.1, 0.15) is 0 Å². The molecule has 76 valence electrons. The van der Waals surface area contributed by atoms with Gasteiger partial charge in [-0.1, -0.05) is 18.2 Å². The number of nitrogens with one attached hydrogen (secondary N) is 1. The average molecular weight is 200 g/mol. The molecule has 15 heavy (non-hydrogen) atoms. The van der Waals surface area contributed by atoms with E-state index in [-0.39, 0.29) is 5.56 Å². The molecule has 3 heteroatoms. The minimum Gasteiger partial charge on any atom is -0.313 e.